The van der Waals surface area contributed by atoms with Crippen molar-refractivity contribution in [2.75, 3.05) is 12.4 Å². The van der Waals surface area contributed by atoms with E-state index >= 15 is 0 Å². The van der Waals surface area contributed by atoms with Crippen LogP contribution in [0.5, 0.6) is 5.75 Å². The average molecular weight is 492 g/mol. The van der Waals surface area contributed by atoms with Crippen LogP contribution in [0.25, 0.3) is 22.2 Å². The summed E-state index contributed by atoms with van der Waals surface area (Å²) in [5.74, 6) is -0.175. The fraction of sp³-hybridized carbons (Fsp3) is 0.0833. The molecule has 8 heteroatoms. The lowest BCUT2D eigenvalue weighted by Gasteiger charge is -2.14. The molecule has 0 radical (unpaired) electrons. The highest BCUT2D eigenvalue weighted by atomic mass is 79.9. The average Bonchev–Trinajstić information content (AvgIpc) is 2.79. The van der Waals surface area contributed by atoms with E-state index in [2.05, 4.69) is 21.2 Å². The topological polar surface area (TPSA) is 94.4 Å². The third-order valence-corrected chi connectivity index (χ3v) is 5.48. The van der Waals surface area contributed by atoms with Crippen molar-refractivity contribution >= 4 is 44.1 Å². The molecule has 1 aromatic heterocycles. The van der Waals surface area contributed by atoms with Gasteiger partial charge in [0.1, 0.15) is 5.75 Å². The molecule has 1 heterocycles. The minimum absolute atomic E-state index is 0.125. The molecule has 0 bridgehead atoms. The number of anilines is 1. The number of nitro benzene ring substituents is 1. The number of amides is 1. The first-order valence-corrected chi connectivity index (χ1v) is 10.5. The highest BCUT2D eigenvalue weighted by Crippen LogP contribution is 2.32. The number of halogens is 1. The Morgan fingerprint density at radius 1 is 1.09 bits per heavy atom. The Kier molecular flexibility index (Phi) is 5.87. The summed E-state index contributed by atoms with van der Waals surface area (Å²) in [6.45, 7) is 1.94. The summed E-state index contributed by atoms with van der Waals surface area (Å²) in [5.41, 5.74) is 3.84. The number of rotatable bonds is 5. The molecule has 0 aliphatic heterocycles. The molecule has 32 heavy (non-hydrogen) atoms. The number of non-ortho nitro benzene ring substituents is 1. The van der Waals surface area contributed by atoms with E-state index in [0.29, 0.717) is 22.3 Å². The van der Waals surface area contributed by atoms with Crippen LogP contribution in [-0.4, -0.2) is 22.9 Å². The second kappa shape index (κ2) is 8.76. The van der Waals surface area contributed by atoms with Crippen molar-refractivity contribution in [3.05, 3.63) is 92.4 Å². The van der Waals surface area contributed by atoms with Gasteiger partial charge in [0, 0.05) is 21.5 Å². The molecule has 0 spiro atoms. The molecular weight excluding hydrogens is 474 g/mol. The maximum atomic E-state index is 13.4. The second-order valence-electron chi connectivity index (χ2n) is 7.14. The molecule has 0 unspecified atom stereocenters. The van der Waals surface area contributed by atoms with Gasteiger partial charge in [-0.05, 0) is 36.8 Å². The van der Waals surface area contributed by atoms with Crippen LogP contribution in [0.3, 0.4) is 0 Å². The SMILES string of the molecule is COc1cc([N+](=O)[O-])ccc1NC(=O)c1cc(-c2ccccc2)nc2c(C)cc(Br)cc12. The zero-order valence-electron chi connectivity index (χ0n) is 17.3. The van der Waals surface area contributed by atoms with E-state index in [9.17, 15) is 14.9 Å². The lowest BCUT2D eigenvalue weighted by Crippen LogP contribution is -2.14. The van der Waals surface area contributed by atoms with E-state index in [-0.39, 0.29) is 17.3 Å². The number of fused-ring (bicyclic) bond motifs is 1. The molecule has 160 valence electrons. The molecule has 0 saturated carbocycles. The van der Waals surface area contributed by atoms with Gasteiger partial charge in [-0.3, -0.25) is 14.9 Å². The van der Waals surface area contributed by atoms with Gasteiger partial charge in [0.25, 0.3) is 11.6 Å². The Bertz CT molecular complexity index is 1360. The van der Waals surface area contributed by atoms with Crippen LogP contribution in [0.15, 0.2) is 71.2 Å². The van der Waals surface area contributed by atoms with Gasteiger partial charge in [-0.1, -0.05) is 46.3 Å². The van der Waals surface area contributed by atoms with E-state index in [0.717, 1.165) is 21.1 Å². The fourth-order valence-corrected chi connectivity index (χ4v) is 4.06. The molecule has 0 aliphatic rings. The van der Waals surface area contributed by atoms with Crippen molar-refractivity contribution in [1.82, 2.24) is 4.98 Å². The number of ether oxygens (including phenoxy) is 1. The van der Waals surface area contributed by atoms with Crippen molar-refractivity contribution in [3.63, 3.8) is 0 Å². The molecule has 1 N–H and O–H groups in total. The van der Waals surface area contributed by atoms with Crippen LogP contribution in [0.2, 0.25) is 0 Å². The van der Waals surface area contributed by atoms with Crippen molar-refractivity contribution in [2.24, 2.45) is 0 Å². The predicted octanol–water partition coefficient (Wildman–Crippen LogP) is 6.14. The maximum Gasteiger partial charge on any atom is 0.273 e. The number of nitrogens with one attached hydrogen (secondary N) is 1. The molecule has 0 fully saturated rings. The maximum absolute atomic E-state index is 13.4. The van der Waals surface area contributed by atoms with Gasteiger partial charge in [-0.25, -0.2) is 4.98 Å². The number of benzene rings is 3. The van der Waals surface area contributed by atoms with Crippen molar-refractivity contribution in [2.45, 2.75) is 6.92 Å². The quantitative estimate of drug-likeness (QED) is 0.267. The van der Waals surface area contributed by atoms with E-state index in [1.165, 1.54) is 25.3 Å². The number of hydrogen-bond donors (Lipinski definition) is 1. The first kappa shape index (κ1) is 21.5. The van der Waals surface area contributed by atoms with Gasteiger partial charge in [0.2, 0.25) is 0 Å². The van der Waals surface area contributed by atoms with Crippen LogP contribution < -0.4 is 10.1 Å². The number of carbonyl (C=O) groups is 1. The van der Waals surface area contributed by atoms with Crippen LogP contribution in [0.1, 0.15) is 15.9 Å². The van der Waals surface area contributed by atoms with E-state index in [1.54, 1.807) is 6.07 Å². The number of aromatic nitrogens is 1. The molecule has 1 amide bonds. The zero-order chi connectivity index (χ0) is 22.8. The van der Waals surface area contributed by atoms with Crippen LogP contribution >= 0.6 is 15.9 Å². The summed E-state index contributed by atoms with van der Waals surface area (Å²) in [4.78, 5) is 28.7. The Balaban J connectivity index is 1.84. The number of nitro groups is 1. The number of hydrogen-bond acceptors (Lipinski definition) is 5. The molecule has 0 atom stereocenters. The summed E-state index contributed by atoms with van der Waals surface area (Å²) in [6, 6.07) is 19.2. The van der Waals surface area contributed by atoms with Crippen molar-refractivity contribution in [1.29, 1.82) is 0 Å². The molecular formula is C24H18BrN3O4. The lowest BCUT2D eigenvalue weighted by molar-refractivity contribution is -0.384. The van der Waals surface area contributed by atoms with Gasteiger partial charge in [0.05, 0.1) is 40.6 Å². The van der Waals surface area contributed by atoms with Crippen molar-refractivity contribution < 1.29 is 14.5 Å². The third kappa shape index (κ3) is 4.17. The first-order valence-electron chi connectivity index (χ1n) is 9.67. The van der Waals surface area contributed by atoms with Gasteiger partial charge in [-0.15, -0.1) is 0 Å². The van der Waals surface area contributed by atoms with Crippen molar-refractivity contribution in [3.8, 4) is 17.0 Å². The standard InChI is InChI=1S/C24H18BrN3O4/c1-14-10-16(25)11-18-19(13-21(26-23(14)18)15-6-4-3-5-7-15)24(29)27-20-9-8-17(28(30)31)12-22(20)32-2/h3-13H,1-2H3,(H,27,29). The minimum atomic E-state index is -0.517. The van der Waals surface area contributed by atoms with Gasteiger partial charge in [0.15, 0.2) is 0 Å². The summed E-state index contributed by atoms with van der Waals surface area (Å²) in [6.07, 6.45) is 0. The number of aryl methyl sites for hydroxylation is 1. The molecule has 4 aromatic rings. The monoisotopic (exact) mass is 491 g/mol. The molecule has 0 aliphatic carbocycles. The summed E-state index contributed by atoms with van der Waals surface area (Å²) < 4.78 is 6.08. The van der Waals surface area contributed by atoms with Gasteiger partial charge in [-0.2, -0.15) is 0 Å². The Labute approximate surface area is 192 Å². The Morgan fingerprint density at radius 3 is 2.53 bits per heavy atom. The molecule has 0 saturated heterocycles. The lowest BCUT2D eigenvalue weighted by atomic mass is 10.0. The Hall–Kier alpha value is -3.78. The second-order valence-corrected chi connectivity index (χ2v) is 8.05. The van der Waals surface area contributed by atoms with E-state index in [4.69, 9.17) is 9.72 Å². The fourth-order valence-electron chi connectivity index (χ4n) is 3.49. The number of methoxy groups -OCH3 is 1. The third-order valence-electron chi connectivity index (χ3n) is 5.03. The normalized spacial score (nSPS) is 10.7. The smallest absolute Gasteiger partial charge is 0.273 e. The summed E-state index contributed by atoms with van der Waals surface area (Å²) >= 11 is 3.50. The zero-order valence-corrected chi connectivity index (χ0v) is 18.8. The number of pyridine rings is 1. The first-order chi connectivity index (χ1) is 15.4. The Morgan fingerprint density at radius 2 is 1.84 bits per heavy atom. The molecule has 3 aromatic carbocycles. The van der Waals surface area contributed by atoms with Gasteiger partial charge >= 0.3 is 0 Å². The number of nitrogens with zero attached hydrogens (tertiary/aromatic N) is 2. The largest absolute Gasteiger partial charge is 0.494 e. The summed E-state index contributed by atoms with van der Waals surface area (Å²) in [5, 5.41) is 14.6. The highest BCUT2D eigenvalue weighted by molar-refractivity contribution is 9.10. The van der Waals surface area contributed by atoms with E-state index in [1.807, 2.05) is 49.4 Å². The van der Waals surface area contributed by atoms with Gasteiger partial charge < -0.3 is 10.1 Å². The van der Waals surface area contributed by atoms with Crippen LogP contribution in [0.4, 0.5) is 11.4 Å². The molecule has 7 nitrogen and oxygen atoms in total. The van der Waals surface area contributed by atoms with Crippen LogP contribution in [-0.2, 0) is 0 Å². The molecule has 4 rings (SSSR count). The minimum Gasteiger partial charge on any atom is -0.494 e. The number of carbonyl (C=O) groups excluding carboxylic acids is 1. The predicted molar refractivity (Wildman–Crippen MR) is 127 cm³/mol. The van der Waals surface area contributed by atoms with E-state index < -0.39 is 4.92 Å². The van der Waals surface area contributed by atoms with Crippen LogP contribution in [0, 0.1) is 17.0 Å². The highest BCUT2D eigenvalue weighted by Gasteiger charge is 2.19. The summed E-state index contributed by atoms with van der Waals surface area (Å²) in [7, 11) is 1.39.